The van der Waals surface area contributed by atoms with Crippen LogP contribution in [0.25, 0.3) is 0 Å². The highest BCUT2D eigenvalue weighted by molar-refractivity contribution is 6.30. The van der Waals surface area contributed by atoms with Crippen LogP contribution >= 0.6 is 11.6 Å². The summed E-state index contributed by atoms with van der Waals surface area (Å²) in [6.45, 7) is 4.41. The normalized spacial score (nSPS) is 10.4. The summed E-state index contributed by atoms with van der Waals surface area (Å²) in [5, 5.41) is 6.67. The van der Waals surface area contributed by atoms with Crippen LogP contribution in [0.2, 0.25) is 5.02 Å². The number of carbonyl (C=O) groups excluding carboxylic acids is 1. The zero-order valence-electron chi connectivity index (χ0n) is 14.6. The minimum Gasteiger partial charge on any atom is -0.347 e. The van der Waals surface area contributed by atoms with E-state index in [0.29, 0.717) is 23.2 Å². The van der Waals surface area contributed by atoms with Gasteiger partial charge in [-0.15, -0.1) is 0 Å². The number of aromatic nitrogens is 2. The van der Waals surface area contributed by atoms with Crippen LogP contribution in [0.1, 0.15) is 27.2 Å². The minimum atomic E-state index is -0.244. The van der Waals surface area contributed by atoms with Gasteiger partial charge >= 0.3 is 0 Å². The van der Waals surface area contributed by atoms with E-state index in [-0.39, 0.29) is 5.91 Å². The van der Waals surface area contributed by atoms with E-state index >= 15 is 0 Å². The molecule has 0 spiro atoms. The van der Waals surface area contributed by atoms with Crippen LogP contribution in [0.15, 0.2) is 54.7 Å². The van der Waals surface area contributed by atoms with Crippen molar-refractivity contribution in [2.75, 3.05) is 5.32 Å². The Labute approximate surface area is 157 Å². The molecule has 1 heterocycles. The highest BCUT2D eigenvalue weighted by atomic mass is 35.5. The van der Waals surface area contributed by atoms with Gasteiger partial charge in [0.05, 0.1) is 0 Å². The Bertz CT molecular complexity index is 943. The van der Waals surface area contributed by atoms with Crippen LogP contribution in [0.5, 0.6) is 0 Å². The number of hydrogen-bond donors (Lipinski definition) is 2. The Morgan fingerprint density at radius 3 is 2.65 bits per heavy atom. The summed E-state index contributed by atoms with van der Waals surface area (Å²) < 4.78 is 0. The largest absolute Gasteiger partial charge is 0.347 e. The van der Waals surface area contributed by atoms with Gasteiger partial charge in [-0.3, -0.25) is 4.79 Å². The Balaban J connectivity index is 1.70. The van der Waals surface area contributed by atoms with Gasteiger partial charge in [0.25, 0.3) is 5.91 Å². The van der Waals surface area contributed by atoms with Crippen molar-refractivity contribution in [3.63, 3.8) is 0 Å². The highest BCUT2D eigenvalue weighted by Gasteiger charge is 2.10. The number of nitrogens with one attached hydrogen (secondary N) is 2. The van der Waals surface area contributed by atoms with Crippen LogP contribution in [-0.4, -0.2) is 15.9 Å². The SMILES string of the molecule is Cc1ccccc1CNC(=O)c1ccnc(Nc2ccc(Cl)cc2C)n1. The monoisotopic (exact) mass is 366 g/mol. The van der Waals surface area contributed by atoms with Crippen molar-refractivity contribution >= 4 is 29.1 Å². The van der Waals surface area contributed by atoms with Gasteiger partial charge in [-0.1, -0.05) is 35.9 Å². The molecule has 0 saturated heterocycles. The average Bonchev–Trinajstić information content (AvgIpc) is 2.63. The summed E-state index contributed by atoms with van der Waals surface area (Å²) in [6, 6.07) is 15.0. The summed E-state index contributed by atoms with van der Waals surface area (Å²) in [5.41, 5.74) is 4.33. The van der Waals surface area contributed by atoms with Gasteiger partial charge in [0, 0.05) is 23.5 Å². The molecule has 0 bridgehead atoms. The number of halogens is 1. The number of carbonyl (C=O) groups is 1. The zero-order chi connectivity index (χ0) is 18.5. The molecule has 3 aromatic rings. The predicted molar refractivity (Wildman–Crippen MR) is 104 cm³/mol. The minimum absolute atomic E-state index is 0.244. The summed E-state index contributed by atoms with van der Waals surface area (Å²) in [7, 11) is 0. The first-order valence-electron chi connectivity index (χ1n) is 8.22. The maximum absolute atomic E-state index is 12.4. The van der Waals surface area contributed by atoms with E-state index in [1.165, 1.54) is 0 Å². The fourth-order valence-electron chi connectivity index (χ4n) is 2.51. The molecule has 0 fully saturated rings. The summed E-state index contributed by atoms with van der Waals surface area (Å²) in [5.74, 6) is 0.116. The van der Waals surface area contributed by atoms with Gasteiger partial charge in [0.15, 0.2) is 0 Å². The second-order valence-corrected chi connectivity index (χ2v) is 6.40. The molecule has 3 rings (SSSR count). The van der Waals surface area contributed by atoms with Crippen molar-refractivity contribution < 1.29 is 4.79 Å². The van der Waals surface area contributed by atoms with Crippen LogP contribution < -0.4 is 10.6 Å². The van der Waals surface area contributed by atoms with Crippen LogP contribution in [0.3, 0.4) is 0 Å². The first-order valence-corrected chi connectivity index (χ1v) is 8.59. The molecule has 0 atom stereocenters. The Morgan fingerprint density at radius 2 is 1.88 bits per heavy atom. The van der Waals surface area contributed by atoms with Crippen molar-refractivity contribution in [1.29, 1.82) is 0 Å². The third-order valence-electron chi connectivity index (χ3n) is 4.02. The van der Waals surface area contributed by atoms with E-state index in [0.717, 1.165) is 22.4 Å². The maximum atomic E-state index is 12.4. The standard InChI is InChI=1S/C20H19ClN4O/c1-13-5-3-4-6-15(13)12-23-19(26)18-9-10-22-20(25-18)24-17-8-7-16(21)11-14(17)2/h3-11H,12H2,1-2H3,(H,23,26)(H,22,24,25). The number of benzene rings is 2. The second kappa shape index (κ2) is 7.97. The fourth-order valence-corrected chi connectivity index (χ4v) is 2.73. The molecule has 2 N–H and O–H groups in total. The van der Waals surface area contributed by atoms with E-state index in [1.807, 2.05) is 50.2 Å². The Hall–Kier alpha value is -2.92. The molecule has 0 aliphatic rings. The first kappa shape index (κ1) is 17.9. The molecule has 0 aliphatic carbocycles. The van der Waals surface area contributed by atoms with Crippen LogP contribution in [0.4, 0.5) is 11.6 Å². The predicted octanol–water partition coefficient (Wildman–Crippen LogP) is 4.42. The van der Waals surface area contributed by atoms with E-state index < -0.39 is 0 Å². The van der Waals surface area contributed by atoms with E-state index in [2.05, 4.69) is 20.6 Å². The molecule has 0 aliphatic heterocycles. The van der Waals surface area contributed by atoms with Gasteiger partial charge in [-0.2, -0.15) is 0 Å². The third-order valence-corrected chi connectivity index (χ3v) is 4.26. The van der Waals surface area contributed by atoms with Crippen molar-refractivity contribution in [1.82, 2.24) is 15.3 Å². The number of amides is 1. The lowest BCUT2D eigenvalue weighted by Crippen LogP contribution is -2.24. The topological polar surface area (TPSA) is 66.9 Å². The van der Waals surface area contributed by atoms with Crippen LogP contribution in [-0.2, 0) is 6.54 Å². The molecule has 0 saturated carbocycles. The van der Waals surface area contributed by atoms with Gasteiger partial charge in [0.2, 0.25) is 5.95 Å². The molecule has 1 amide bonds. The summed E-state index contributed by atoms with van der Waals surface area (Å²) in [6.07, 6.45) is 1.56. The van der Waals surface area contributed by atoms with E-state index in [4.69, 9.17) is 11.6 Å². The van der Waals surface area contributed by atoms with Crippen molar-refractivity contribution in [2.24, 2.45) is 0 Å². The molecule has 0 unspecified atom stereocenters. The second-order valence-electron chi connectivity index (χ2n) is 5.96. The van der Waals surface area contributed by atoms with Crippen molar-refractivity contribution in [3.8, 4) is 0 Å². The summed E-state index contributed by atoms with van der Waals surface area (Å²) >= 11 is 5.97. The quantitative estimate of drug-likeness (QED) is 0.701. The van der Waals surface area contributed by atoms with Crippen molar-refractivity contribution in [2.45, 2.75) is 20.4 Å². The highest BCUT2D eigenvalue weighted by Crippen LogP contribution is 2.21. The average molecular weight is 367 g/mol. The molecule has 0 radical (unpaired) electrons. The van der Waals surface area contributed by atoms with Gasteiger partial charge in [-0.25, -0.2) is 9.97 Å². The number of aryl methyl sites for hydroxylation is 2. The Morgan fingerprint density at radius 1 is 1.08 bits per heavy atom. The molecule has 6 heteroatoms. The molecule has 132 valence electrons. The van der Waals surface area contributed by atoms with E-state index in [9.17, 15) is 4.79 Å². The first-order chi connectivity index (χ1) is 12.5. The number of nitrogens with zero attached hydrogens (tertiary/aromatic N) is 2. The van der Waals surface area contributed by atoms with Gasteiger partial charge in [-0.05, 0) is 54.8 Å². The number of hydrogen-bond acceptors (Lipinski definition) is 4. The lowest BCUT2D eigenvalue weighted by molar-refractivity contribution is 0.0946. The Kier molecular flexibility index (Phi) is 5.49. The molecule has 5 nitrogen and oxygen atoms in total. The van der Waals surface area contributed by atoms with Crippen LogP contribution in [0, 0.1) is 13.8 Å². The molecule has 1 aromatic heterocycles. The number of anilines is 2. The lowest BCUT2D eigenvalue weighted by atomic mass is 10.1. The van der Waals surface area contributed by atoms with Gasteiger partial charge < -0.3 is 10.6 Å². The molecular weight excluding hydrogens is 348 g/mol. The fraction of sp³-hybridized carbons (Fsp3) is 0.150. The lowest BCUT2D eigenvalue weighted by Gasteiger charge is -2.10. The number of rotatable bonds is 5. The molecule has 2 aromatic carbocycles. The van der Waals surface area contributed by atoms with Gasteiger partial charge in [0.1, 0.15) is 5.69 Å². The summed E-state index contributed by atoms with van der Waals surface area (Å²) in [4.78, 5) is 20.9. The molecule has 26 heavy (non-hydrogen) atoms. The smallest absolute Gasteiger partial charge is 0.270 e. The zero-order valence-corrected chi connectivity index (χ0v) is 15.3. The van der Waals surface area contributed by atoms with Crippen molar-refractivity contribution in [3.05, 3.63) is 82.1 Å². The third kappa shape index (κ3) is 4.37. The van der Waals surface area contributed by atoms with E-state index in [1.54, 1.807) is 18.3 Å². The maximum Gasteiger partial charge on any atom is 0.270 e. The molecular formula is C20H19ClN4O.